The molecule has 2 N–H and O–H groups in total. The first-order chi connectivity index (χ1) is 15.5. The van der Waals surface area contributed by atoms with Gasteiger partial charge in [-0.3, -0.25) is 9.89 Å². The molecule has 0 aliphatic carbocycles. The van der Waals surface area contributed by atoms with Gasteiger partial charge in [-0.25, -0.2) is 8.78 Å². The van der Waals surface area contributed by atoms with Crippen LogP contribution >= 0.6 is 24.0 Å². The van der Waals surface area contributed by atoms with Gasteiger partial charge in [0.15, 0.2) is 5.96 Å². The van der Waals surface area contributed by atoms with Gasteiger partial charge in [-0.15, -0.1) is 24.0 Å². The van der Waals surface area contributed by atoms with Gasteiger partial charge in [-0.2, -0.15) is 0 Å². The van der Waals surface area contributed by atoms with Crippen LogP contribution in [0.1, 0.15) is 22.7 Å². The van der Waals surface area contributed by atoms with Crippen LogP contribution in [-0.4, -0.2) is 69.8 Å². The van der Waals surface area contributed by atoms with Gasteiger partial charge in [0, 0.05) is 45.3 Å². The number of benzene rings is 2. The van der Waals surface area contributed by atoms with Crippen LogP contribution in [-0.2, 0) is 17.8 Å². The van der Waals surface area contributed by atoms with E-state index >= 15 is 0 Å². The summed E-state index contributed by atoms with van der Waals surface area (Å²) in [6.07, 6.45) is 0. The molecule has 1 heterocycles. The Morgan fingerprint density at radius 2 is 1.67 bits per heavy atom. The second-order valence-electron chi connectivity index (χ2n) is 8.08. The van der Waals surface area contributed by atoms with Gasteiger partial charge in [0.1, 0.15) is 11.6 Å². The van der Waals surface area contributed by atoms with Crippen LogP contribution in [0, 0.1) is 11.6 Å². The predicted molar refractivity (Wildman–Crippen MR) is 139 cm³/mol. The normalized spacial score (nSPS) is 15.8. The van der Waals surface area contributed by atoms with E-state index in [0.29, 0.717) is 19.0 Å². The zero-order valence-electron chi connectivity index (χ0n) is 19.5. The maximum atomic E-state index is 14.3. The third-order valence-corrected chi connectivity index (χ3v) is 5.71. The second-order valence-corrected chi connectivity index (χ2v) is 8.08. The number of ether oxygens (including phenoxy) is 1. The van der Waals surface area contributed by atoms with E-state index in [1.165, 1.54) is 29.3 Å². The second kappa shape index (κ2) is 13.8. The van der Waals surface area contributed by atoms with Crippen LogP contribution in [0.15, 0.2) is 47.5 Å². The Hall–Kier alpha value is -1.82. The first-order valence-corrected chi connectivity index (χ1v) is 10.9. The quantitative estimate of drug-likeness (QED) is 0.288. The third kappa shape index (κ3) is 7.87. The van der Waals surface area contributed by atoms with Gasteiger partial charge in [0.05, 0.1) is 19.3 Å². The summed E-state index contributed by atoms with van der Waals surface area (Å²) < 4.78 is 34.1. The van der Waals surface area contributed by atoms with Crippen LogP contribution in [0.3, 0.4) is 0 Å². The highest BCUT2D eigenvalue weighted by Gasteiger charge is 2.22. The Morgan fingerprint density at radius 3 is 2.27 bits per heavy atom. The number of morpholine rings is 1. The molecule has 2 aromatic rings. The maximum Gasteiger partial charge on any atom is 0.191 e. The van der Waals surface area contributed by atoms with E-state index in [1.54, 1.807) is 26.0 Å². The van der Waals surface area contributed by atoms with E-state index in [4.69, 9.17) is 4.74 Å². The fraction of sp³-hybridized carbons (Fsp3) is 0.458. The van der Waals surface area contributed by atoms with Crippen molar-refractivity contribution in [1.82, 2.24) is 20.4 Å². The monoisotopic (exact) mass is 573 g/mol. The molecule has 2 aromatic carbocycles. The first kappa shape index (κ1) is 27.4. The molecule has 0 amide bonds. The number of guanidine groups is 1. The van der Waals surface area contributed by atoms with Crippen molar-refractivity contribution in [2.75, 3.05) is 54.0 Å². The lowest BCUT2D eigenvalue weighted by Gasteiger charge is -2.28. The van der Waals surface area contributed by atoms with E-state index in [-0.39, 0.29) is 29.5 Å². The molecule has 182 valence electrons. The summed E-state index contributed by atoms with van der Waals surface area (Å²) in [6.45, 7) is 5.19. The summed E-state index contributed by atoms with van der Waals surface area (Å²) in [6, 6.07) is 11.8. The lowest BCUT2D eigenvalue weighted by atomic mass is 10.0. The number of halogens is 3. The molecule has 0 spiro atoms. The van der Waals surface area contributed by atoms with Crippen LogP contribution in [0.25, 0.3) is 0 Å². The van der Waals surface area contributed by atoms with E-state index in [9.17, 15) is 8.78 Å². The molecule has 33 heavy (non-hydrogen) atoms. The number of nitrogens with zero attached hydrogens (tertiary/aromatic N) is 3. The Kier molecular flexibility index (Phi) is 11.5. The van der Waals surface area contributed by atoms with E-state index in [0.717, 1.165) is 32.8 Å². The minimum Gasteiger partial charge on any atom is -0.379 e. The molecule has 1 atom stereocenters. The average molecular weight is 573 g/mol. The molecule has 9 heteroatoms. The van der Waals surface area contributed by atoms with Gasteiger partial charge < -0.3 is 20.3 Å². The van der Waals surface area contributed by atoms with Gasteiger partial charge in [-0.1, -0.05) is 30.3 Å². The minimum atomic E-state index is -0.550. The number of aliphatic imine (C=N–C) groups is 1. The Morgan fingerprint density at radius 1 is 1.03 bits per heavy atom. The van der Waals surface area contributed by atoms with Crippen LogP contribution in [0.5, 0.6) is 0 Å². The van der Waals surface area contributed by atoms with Gasteiger partial charge >= 0.3 is 0 Å². The standard InChI is InChI=1S/C24H33F2N5O.HI/c1-27-24(29-16-22(30(2)3)23-20(25)9-6-10-21(23)26)28-15-18-7-4-5-8-19(18)17-31-11-13-32-14-12-31;/h4-10,22H,11-17H2,1-3H3,(H2,27,28,29);1H. The molecular weight excluding hydrogens is 539 g/mol. The number of nitrogens with one attached hydrogen (secondary N) is 2. The molecule has 1 aliphatic rings. The topological polar surface area (TPSA) is 52.1 Å². The Labute approximate surface area is 212 Å². The van der Waals surface area contributed by atoms with E-state index < -0.39 is 17.7 Å². The molecule has 1 aliphatic heterocycles. The maximum absolute atomic E-state index is 14.3. The summed E-state index contributed by atoms with van der Waals surface area (Å²) in [5.41, 5.74) is 2.50. The SMILES string of the molecule is CN=C(NCc1ccccc1CN1CCOCC1)NCC(c1c(F)cccc1F)N(C)C.I. The minimum absolute atomic E-state index is 0. The number of likely N-dealkylation sites (N-methyl/N-ethyl adjacent to an activating group) is 1. The lowest BCUT2D eigenvalue weighted by molar-refractivity contribution is 0.0341. The molecule has 1 unspecified atom stereocenters. The van der Waals surface area contributed by atoms with Crippen molar-refractivity contribution in [2.24, 2.45) is 4.99 Å². The number of rotatable bonds is 8. The molecule has 0 bridgehead atoms. The van der Waals surface area contributed by atoms with Gasteiger partial charge in [0.25, 0.3) is 0 Å². The predicted octanol–water partition coefficient (Wildman–Crippen LogP) is 3.38. The molecule has 0 aromatic heterocycles. The van der Waals surface area contributed by atoms with Crippen LogP contribution in [0.2, 0.25) is 0 Å². The fourth-order valence-corrected chi connectivity index (χ4v) is 3.85. The van der Waals surface area contributed by atoms with Crippen molar-refractivity contribution in [2.45, 2.75) is 19.1 Å². The molecule has 0 radical (unpaired) electrons. The highest BCUT2D eigenvalue weighted by molar-refractivity contribution is 14.0. The highest BCUT2D eigenvalue weighted by Crippen LogP contribution is 2.23. The summed E-state index contributed by atoms with van der Waals surface area (Å²) in [5, 5.41) is 6.54. The van der Waals surface area contributed by atoms with Gasteiger partial charge in [-0.05, 0) is 37.4 Å². The van der Waals surface area contributed by atoms with Gasteiger partial charge in [0.2, 0.25) is 0 Å². The third-order valence-electron chi connectivity index (χ3n) is 5.71. The van der Waals surface area contributed by atoms with Crippen molar-refractivity contribution in [3.05, 3.63) is 70.8 Å². The molecule has 6 nitrogen and oxygen atoms in total. The van der Waals surface area contributed by atoms with Crippen molar-refractivity contribution < 1.29 is 13.5 Å². The van der Waals surface area contributed by atoms with E-state index in [1.807, 2.05) is 6.07 Å². The van der Waals surface area contributed by atoms with Crippen LogP contribution in [0.4, 0.5) is 8.78 Å². The number of hydrogen-bond donors (Lipinski definition) is 2. The smallest absolute Gasteiger partial charge is 0.191 e. The Balaban J connectivity index is 0.00000385. The fourth-order valence-electron chi connectivity index (χ4n) is 3.85. The molecule has 3 rings (SSSR count). The molecular formula is C24H34F2IN5O. The summed E-state index contributed by atoms with van der Waals surface area (Å²) >= 11 is 0. The lowest BCUT2D eigenvalue weighted by Crippen LogP contribution is -2.42. The van der Waals surface area contributed by atoms with E-state index in [2.05, 4.69) is 38.7 Å². The molecule has 0 saturated carbocycles. The zero-order chi connectivity index (χ0) is 22.9. The zero-order valence-corrected chi connectivity index (χ0v) is 21.8. The molecule has 1 saturated heterocycles. The number of hydrogen-bond acceptors (Lipinski definition) is 4. The Bertz CT molecular complexity index is 886. The first-order valence-electron chi connectivity index (χ1n) is 10.9. The van der Waals surface area contributed by atoms with Crippen molar-refractivity contribution in [3.8, 4) is 0 Å². The summed E-state index contributed by atoms with van der Waals surface area (Å²) in [4.78, 5) is 8.46. The summed E-state index contributed by atoms with van der Waals surface area (Å²) in [7, 11) is 5.29. The van der Waals surface area contributed by atoms with Crippen LogP contribution < -0.4 is 10.6 Å². The van der Waals surface area contributed by atoms with Crippen molar-refractivity contribution >= 4 is 29.9 Å². The molecule has 1 fully saturated rings. The average Bonchev–Trinajstić information content (AvgIpc) is 2.79. The highest BCUT2D eigenvalue weighted by atomic mass is 127. The largest absolute Gasteiger partial charge is 0.379 e. The summed E-state index contributed by atoms with van der Waals surface area (Å²) in [5.74, 6) is -0.522. The van der Waals surface area contributed by atoms with Crippen molar-refractivity contribution in [3.63, 3.8) is 0 Å². The van der Waals surface area contributed by atoms with Crippen molar-refractivity contribution in [1.29, 1.82) is 0 Å².